The van der Waals surface area contributed by atoms with Crippen molar-refractivity contribution in [2.75, 3.05) is 12.4 Å². The van der Waals surface area contributed by atoms with E-state index in [0.29, 0.717) is 14.9 Å². The lowest BCUT2D eigenvalue weighted by atomic mass is 10.3. The maximum atomic E-state index is 11.5. The zero-order valence-corrected chi connectivity index (χ0v) is 11.9. The van der Waals surface area contributed by atoms with E-state index in [2.05, 4.69) is 5.32 Å². The predicted octanol–water partition coefficient (Wildman–Crippen LogP) is 1.65. The van der Waals surface area contributed by atoms with Crippen LogP contribution < -0.4 is 5.32 Å². The minimum absolute atomic E-state index is 0.0240. The molecule has 0 bridgehead atoms. The van der Waals surface area contributed by atoms with Gasteiger partial charge in [-0.05, 0) is 18.2 Å². The number of hydrogen-bond donors (Lipinski definition) is 3. The standard InChI is InChI=1S/C11H11Cl2NO4S/c12-6-1-2-7(13)9(3-6)19-5-10(16)14-8(4-15)11(17)18/h1-3,8,15H,4-5H2,(H,14,16)(H,17,18). The maximum Gasteiger partial charge on any atom is 0.328 e. The second kappa shape index (κ2) is 7.59. The number of aliphatic carboxylic acids is 1. The number of aliphatic hydroxyl groups excluding tert-OH is 1. The molecule has 0 aliphatic carbocycles. The summed E-state index contributed by atoms with van der Waals surface area (Å²) in [7, 11) is 0. The average molecular weight is 324 g/mol. The zero-order valence-electron chi connectivity index (χ0n) is 9.60. The lowest BCUT2D eigenvalue weighted by Gasteiger charge is -2.11. The van der Waals surface area contributed by atoms with Crippen molar-refractivity contribution in [3.63, 3.8) is 0 Å². The minimum atomic E-state index is -1.30. The van der Waals surface area contributed by atoms with Crippen LogP contribution in [0.5, 0.6) is 0 Å². The molecule has 0 fully saturated rings. The molecule has 0 aliphatic heterocycles. The first-order chi connectivity index (χ1) is 8.93. The SMILES string of the molecule is O=C(CSc1cc(Cl)ccc1Cl)NC(CO)C(=O)O. The molecule has 8 heteroatoms. The normalized spacial score (nSPS) is 11.9. The first-order valence-corrected chi connectivity index (χ1v) is 6.89. The molecule has 0 spiro atoms. The zero-order chi connectivity index (χ0) is 14.4. The molecule has 1 unspecified atom stereocenters. The van der Waals surface area contributed by atoms with Crippen LogP contribution in [0.3, 0.4) is 0 Å². The van der Waals surface area contributed by atoms with Crippen molar-refractivity contribution in [3.8, 4) is 0 Å². The van der Waals surface area contributed by atoms with Crippen LogP contribution in [0.2, 0.25) is 10.0 Å². The second-order valence-corrected chi connectivity index (χ2v) is 5.37. The summed E-state index contributed by atoms with van der Waals surface area (Å²) in [4.78, 5) is 22.7. The number of rotatable bonds is 6. The fourth-order valence-electron chi connectivity index (χ4n) is 1.15. The number of carbonyl (C=O) groups is 2. The summed E-state index contributed by atoms with van der Waals surface area (Å²) in [6.45, 7) is -0.663. The third-order valence-electron chi connectivity index (χ3n) is 2.07. The minimum Gasteiger partial charge on any atom is -0.480 e. The summed E-state index contributed by atoms with van der Waals surface area (Å²) in [6, 6.07) is 3.55. The van der Waals surface area contributed by atoms with Gasteiger partial charge in [0.05, 0.1) is 17.4 Å². The summed E-state index contributed by atoms with van der Waals surface area (Å²) >= 11 is 12.8. The Morgan fingerprint density at radius 3 is 2.63 bits per heavy atom. The molecule has 0 saturated heterocycles. The van der Waals surface area contributed by atoms with Crippen molar-refractivity contribution < 1.29 is 19.8 Å². The Balaban J connectivity index is 2.54. The van der Waals surface area contributed by atoms with Crippen LogP contribution in [-0.2, 0) is 9.59 Å². The molecule has 1 rings (SSSR count). The van der Waals surface area contributed by atoms with Crippen LogP contribution in [0.1, 0.15) is 0 Å². The Labute approximate surface area is 123 Å². The largest absolute Gasteiger partial charge is 0.480 e. The van der Waals surface area contributed by atoms with Crippen molar-refractivity contribution in [2.45, 2.75) is 10.9 Å². The smallest absolute Gasteiger partial charge is 0.328 e. The monoisotopic (exact) mass is 323 g/mol. The fourth-order valence-corrected chi connectivity index (χ4v) is 2.46. The Morgan fingerprint density at radius 2 is 2.05 bits per heavy atom. The quantitative estimate of drug-likeness (QED) is 0.693. The van der Waals surface area contributed by atoms with Crippen LogP contribution in [0, 0.1) is 0 Å². The summed E-state index contributed by atoms with van der Waals surface area (Å²) in [6.07, 6.45) is 0. The highest BCUT2D eigenvalue weighted by molar-refractivity contribution is 8.00. The van der Waals surface area contributed by atoms with E-state index in [4.69, 9.17) is 33.4 Å². The molecule has 1 atom stereocenters. The van der Waals surface area contributed by atoms with E-state index in [0.717, 1.165) is 11.8 Å². The highest BCUT2D eigenvalue weighted by atomic mass is 35.5. The lowest BCUT2D eigenvalue weighted by molar-refractivity contribution is -0.142. The highest BCUT2D eigenvalue weighted by Gasteiger charge is 2.18. The van der Waals surface area contributed by atoms with Crippen LogP contribution in [-0.4, -0.2) is 40.5 Å². The molecule has 3 N–H and O–H groups in total. The van der Waals surface area contributed by atoms with Gasteiger partial charge in [0.15, 0.2) is 0 Å². The van der Waals surface area contributed by atoms with E-state index in [1.165, 1.54) is 0 Å². The second-order valence-electron chi connectivity index (χ2n) is 3.50. The van der Waals surface area contributed by atoms with Gasteiger partial charge < -0.3 is 15.5 Å². The van der Waals surface area contributed by atoms with E-state index in [1.54, 1.807) is 18.2 Å². The molecule has 1 aromatic rings. The number of carbonyl (C=O) groups excluding carboxylic acids is 1. The van der Waals surface area contributed by atoms with Gasteiger partial charge in [-0.15, -0.1) is 11.8 Å². The van der Waals surface area contributed by atoms with Gasteiger partial charge in [-0.3, -0.25) is 4.79 Å². The van der Waals surface area contributed by atoms with Gasteiger partial charge in [-0.2, -0.15) is 0 Å². The van der Waals surface area contributed by atoms with Gasteiger partial charge in [0, 0.05) is 9.92 Å². The van der Waals surface area contributed by atoms with Crippen LogP contribution >= 0.6 is 35.0 Å². The number of carboxylic acids is 1. The topological polar surface area (TPSA) is 86.6 Å². The fraction of sp³-hybridized carbons (Fsp3) is 0.273. The van der Waals surface area contributed by atoms with Crippen LogP contribution in [0.25, 0.3) is 0 Å². The summed E-state index contributed by atoms with van der Waals surface area (Å²) < 4.78 is 0. The molecule has 0 aliphatic rings. The van der Waals surface area contributed by atoms with Gasteiger partial charge in [-0.1, -0.05) is 23.2 Å². The third-order valence-corrected chi connectivity index (χ3v) is 3.80. The van der Waals surface area contributed by atoms with Gasteiger partial charge in [0.25, 0.3) is 0 Å². The Morgan fingerprint density at radius 1 is 1.37 bits per heavy atom. The van der Waals surface area contributed by atoms with Gasteiger partial charge in [0.1, 0.15) is 6.04 Å². The van der Waals surface area contributed by atoms with Crippen molar-refractivity contribution in [1.82, 2.24) is 5.32 Å². The molecular weight excluding hydrogens is 313 g/mol. The van der Waals surface area contributed by atoms with Crippen molar-refractivity contribution >= 4 is 46.8 Å². The van der Waals surface area contributed by atoms with E-state index in [9.17, 15) is 9.59 Å². The van der Waals surface area contributed by atoms with Crippen molar-refractivity contribution in [1.29, 1.82) is 0 Å². The number of benzene rings is 1. The van der Waals surface area contributed by atoms with Crippen LogP contribution in [0.4, 0.5) is 0 Å². The van der Waals surface area contributed by atoms with Crippen LogP contribution in [0.15, 0.2) is 23.1 Å². The molecule has 0 radical (unpaired) electrons. The molecule has 0 saturated carbocycles. The van der Waals surface area contributed by atoms with Gasteiger partial charge in [0.2, 0.25) is 5.91 Å². The molecule has 0 aromatic heterocycles. The van der Waals surface area contributed by atoms with E-state index in [-0.39, 0.29) is 5.75 Å². The summed E-state index contributed by atoms with van der Waals surface area (Å²) in [5.74, 6) is -1.83. The Bertz CT molecular complexity index is 484. The number of carboxylic acid groups (broad SMARTS) is 1. The highest BCUT2D eigenvalue weighted by Crippen LogP contribution is 2.29. The molecule has 1 aromatic carbocycles. The van der Waals surface area contributed by atoms with E-state index >= 15 is 0 Å². The molecular formula is C11H11Cl2NO4S. The summed E-state index contributed by atoms with van der Waals surface area (Å²) in [5.41, 5.74) is 0. The molecule has 5 nitrogen and oxygen atoms in total. The number of nitrogens with one attached hydrogen (secondary N) is 1. The van der Waals surface area contributed by atoms with Gasteiger partial charge in [-0.25, -0.2) is 4.79 Å². The number of halogens is 2. The third kappa shape index (κ3) is 5.28. The van der Waals surface area contributed by atoms with Crippen molar-refractivity contribution in [2.24, 2.45) is 0 Å². The molecule has 104 valence electrons. The molecule has 0 heterocycles. The first kappa shape index (κ1) is 16.1. The Kier molecular flexibility index (Phi) is 6.44. The van der Waals surface area contributed by atoms with E-state index in [1.807, 2.05) is 0 Å². The van der Waals surface area contributed by atoms with Gasteiger partial charge >= 0.3 is 5.97 Å². The number of hydrogen-bond acceptors (Lipinski definition) is 4. The predicted molar refractivity (Wildman–Crippen MR) is 73.8 cm³/mol. The molecule has 19 heavy (non-hydrogen) atoms. The number of amides is 1. The maximum absolute atomic E-state index is 11.5. The van der Waals surface area contributed by atoms with Crippen molar-refractivity contribution in [3.05, 3.63) is 28.2 Å². The summed E-state index contributed by atoms with van der Waals surface area (Å²) in [5, 5.41) is 20.6. The lowest BCUT2D eigenvalue weighted by Crippen LogP contribution is -2.44. The van der Waals surface area contributed by atoms with E-state index < -0.39 is 24.5 Å². The average Bonchev–Trinajstić information content (AvgIpc) is 2.36. The number of thioether (sulfide) groups is 1. The first-order valence-electron chi connectivity index (χ1n) is 5.15. The Hall–Kier alpha value is -0.950. The molecule has 1 amide bonds. The number of aliphatic hydroxyl groups is 1.